The molecule has 0 heterocycles. The fourth-order valence-electron chi connectivity index (χ4n) is 2.70. The molecule has 0 aromatic heterocycles. The van der Waals surface area contributed by atoms with Crippen LogP contribution in [-0.2, 0) is 11.2 Å². The Morgan fingerprint density at radius 1 is 1.10 bits per heavy atom. The number of nitrogens with one attached hydrogen (secondary N) is 2. The van der Waals surface area contributed by atoms with E-state index in [1.165, 1.54) is 4.90 Å². The number of ether oxygens (including phenoxy) is 1. The van der Waals surface area contributed by atoms with Crippen LogP contribution in [0, 0.1) is 0 Å². The molecular weight excluding hydrogens is 479 g/mol. The topological polar surface area (TPSA) is 66.0 Å². The zero-order valence-corrected chi connectivity index (χ0v) is 19.8. The maximum Gasteiger partial charge on any atom is 0.243 e. The van der Waals surface area contributed by atoms with Gasteiger partial charge in [0, 0.05) is 20.6 Å². The highest BCUT2D eigenvalue weighted by molar-refractivity contribution is 14.0. The molecule has 158 valence electrons. The van der Waals surface area contributed by atoms with E-state index in [1.54, 1.807) is 21.2 Å². The maximum absolute atomic E-state index is 11.9. The second-order valence-corrected chi connectivity index (χ2v) is 6.72. The summed E-state index contributed by atoms with van der Waals surface area (Å²) in [4.78, 5) is 17.9. The number of likely N-dealkylation sites (N-methyl/N-ethyl adjacent to an activating group) is 1. The first-order valence-corrected chi connectivity index (χ1v) is 9.43. The normalized spacial score (nSPS) is 11.8. The molecule has 0 saturated heterocycles. The van der Waals surface area contributed by atoms with Crippen molar-refractivity contribution in [3.8, 4) is 5.75 Å². The van der Waals surface area contributed by atoms with Gasteiger partial charge in [0.2, 0.25) is 5.91 Å². The van der Waals surface area contributed by atoms with Gasteiger partial charge in [0.1, 0.15) is 12.3 Å². The van der Waals surface area contributed by atoms with Gasteiger partial charge < -0.3 is 20.3 Å². The highest BCUT2D eigenvalue weighted by Crippen LogP contribution is 2.17. The molecule has 0 aliphatic rings. The molecule has 0 bridgehead atoms. The third-order valence-corrected chi connectivity index (χ3v) is 4.40. The molecule has 0 fully saturated rings. The van der Waals surface area contributed by atoms with Crippen LogP contribution in [0.4, 0.5) is 0 Å². The lowest BCUT2D eigenvalue weighted by atomic mass is 10.1. The van der Waals surface area contributed by atoms with Crippen molar-refractivity contribution in [2.75, 3.05) is 34.3 Å². The molecule has 1 atom stereocenters. The highest BCUT2D eigenvalue weighted by Gasteiger charge is 2.10. The van der Waals surface area contributed by atoms with Gasteiger partial charge in [-0.05, 0) is 30.5 Å². The Morgan fingerprint density at radius 2 is 1.76 bits per heavy atom. The standard InChI is InChI=1S/C22H30N4O2.HI/c1-17(18-10-6-5-7-11-18)25-22(24-16-21(27)26(2)3)23-15-14-19-12-8-9-13-20(19)28-4;/h5-13,17H,14-16H2,1-4H3,(H2,23,24,25);1H. The van der Waals surface area contributed by atoms with Crippen LogP contribution in [0.2, 0.25) is 0 Å². The molecule has 2 aromatic carbocycles. The SMILES string of the molecule is COc1ccccc1CCNC(=NCC(=O)N(C)C)NC(C)c1ccccc1.I. The average molecular weight is 510 g/mol. The molecule has 2 aromatic rings. The molecule has 1 unspecified atom stereocenters. The molecule has 29 heavy (non-hydrogen) atoms. The van der Waals surface area contributed by atoms with Crippen LogP contribution < -0.4 is 15.4 Å². The summed E-state index contributed by atoms with van der Waals surface area (Å²) >= 11 is 0. The zero-order valence-electron chi connectivity index (χ0n) is 17.5. The summed E-state index contributed by atoms with van der Waals surface area (Å²) in [5.41, 5.74) is 2.28. The van der Waals surface area contributed by atoms with E-state index in [0.29, 0.717) is 12.5 Å². The summed E-state index contributed by atoms with van der Waals surface area (Å²) in [6.07, 6.45) is 0.784. The van der Waals surface area contributed by atoms with E-state index in [-0.39, 0.29) is 42.5 Å². The van der Waals surface area contributed by atoms with Crippen molar-refractivity contribution >= 4 is 35.8 Å². The van der Waals surface area contributed by atoms with Crippen molar-refractivity contribution in [3.63, 3.8) is 0 Å². The number of halogens is 1. The summed E-state index contributed by atoms with van der Waals surface area (Å²) in [6, 6.07) is 18.2. The summed E-state index contributed by atoms with van der Waals surface area (Å²) < 4.78 is 5.41. The van der Waals surface area contributed by atoms with Crippen LogP contribution in [0.1, 0.15) is 24.1 Å². The molecule has 7 heteroatoms. The van der Waals surface area contributed by atoms with Gasteiger partial charge in [-0.15, -0.1) is 24.0 Å². The number of carbonyl (C=O) groups is 1. The molecule has 0 aliphatic carbocycles. The third-order valence-electron chi connectivity index (χ3n) is 4.40. The highest BCUT2D eigenvalue weighted by atomic mass is 127. The number of hydrogen-bond donors (Lipinski definition) is 2. The third kappa shape index (κ3) is 8.31. The van der Waals surface area contributed by atoms with Crippen molar-refractivity contribution in [1.82, 2.24) is 15.5 Å². The van der Waals surface area contributed by atoms with Crippen LogP contribution in [0.25, 0.3) is 0 Å². The second kappa shape index (κ2) is 13.0. The van der Waals surface area contributed by atoms with Gasteiger partial charge >= 0.3 is 0 Å². The minimum atomic E-state index is -0.0433. The minimum Gasteiger partial charge on any atom is -0.496 e. The number of rotatable bonds is 8. The fourth-order valence-corrected chi connectivity index (χ4v) is 2.70. The average Bonchev–Trinajstić information content (AvgIpc) is 2.72. The predicted molar refractivity (Wildman–Crippen MR) is 129 cm³/mol. The van der Waals surface area contributed by atoms with Gasteiger partial charge in [-0.1, -0.05) is 48.5 Å². The minimum absolute atomic E-state index is 0. The maximum atomic E-state index is 11.9. The van der Waals surface area contributed by atoms with E-state index in [9.17, 15) is 4.79 Å². The smallest absolute Gasteiger partial charge is 0.243 e. The Bertz CT molecular complexity index is 781. The second-order valence-electron chi connectivity index (χ2n) is 6.72. The van der Waals surface area contributed by atoms with Gasteiger partial charge in [0.05, 0.1) is 13.2 Å². The number of nitrogens with zero attached hydrogens (tertiary/aromatic N) is 2. The van der Waals surface area contributed by atoms with Crippen molar-refractivity contribution in [2.45, 2.75) is 19.4 Å². The Balaban J connectivity index is 0.00000420. The van der Waals surface area contributed by atoms with Gasteiger partial charge in [-0.3, -0.25) is 4.79 Å². The van der Waals surface area contributed by atoms with Crippen molar-refractivity contribution in [3.05, 3.63) is 65.7 Å². The summed E-state index contributed by atoms with van der Waals surface area (Å²) in [5.74, 6) is 1.44. The van der Waals surface area contributed by atoms with E-state index < -0.39 is 0 Å². The lowest BCUT2D eigenvalue weighted by Gasteiger charge is -2.19. The van der Waals surface area contributed by atoms with Gasteiger partial charge in [-0.2, -0.15) is 0 Å². The molecule has 2 N–H and O–H groups in total. The first-order chi connectivity index (χ1) is 13.5. The molecule has 0 radical (unpaired) electrons. The molecule has 1 amide bonds. The summed E-state index contributed by atoms with van der Waals surface area (Å²) in [7, 11) is 5.13. The van der Waals surface area contributed by atoms with E-state index in [2.05, 4.69) is 34.7 Å². The molecule has 6 nitrogen and oxygen atoms in total. The number of guanidine groups is 1. The van der Waals surface area contributed by atoms with E-state index >= 15 is 0 Å². The van der Waals surface area contributed by atoms with Crippen molar-refractivity contribution in [1.29, 1.82) is 0 Å². The number of hydrogen-bond acceptors (Lipinski definition) is 3. The number of carbonyl (C=O) groups excluding carboxylic acids is 1. The first-order valence-electron chi connectivity index (χ1n) is 9.43. The Kier molecular flexibility index (Phi) is 11.1. The molecule has 0 saturated carbocycles. The van der Waals surface area contributed by atoms with E-state index in [4.69, 9.17) is 4.74 Å². The molecular formula is C22H31IN4O2. The fraction of sp³-hybridized carbons (Fsp3) is 0.364. The van der Waals surface area contributed by atoms with Crippen LogP contribution in [-0.4, -0.2) is 51.1 Å². The van der Waals surface area contributed by atoms with E-state index in [0.717, 1.165) is 23.3 Å². The Labute approximate surface area is 190 Å². The van der Waals surface area contributed by atoms with E-state index in [1.807, 2.05) is 42.5 Å². The number of para-hydroxylation sites is 1. The summed E-state index contributed by atoms with van der Waals surface area (Å²) in [6.45, 7) is 2.84. The van der Waals surface area contributed by atoms with Crippen LogP contribution in [0.15, 0.2) is 59.6 Å². The van der Waals surface area contributed by atoms with Crippen molar-refractivity contribution in [2.24, 2.45) is 4.99 Å². The van der Waals surface area contributed by atoms with Gasteiger partial charge in [-0.25, -0.2) is 4.99 Å². The van der Waals surface area contributed by atoms with Crippen molar-refractivity contribution < 1.29 is 9.53 Å². The zero-order chi connectivity index (χ0) is 20.4. The van der Waals surface area contributed by atoms with Crippen LogP contribution in [0.3, 0.4) is 0 Å². The summed E-state index contributed by atoms with van der Waals surface area (Å²) in [5, 5.41) is 6.71. The molecule has 2 rings (SSSR count). The predicted octanol–water partition coefficient (Wildman–Crippen LogP) is 3.24. The Hall–Kier alpha value is -2.29. The number of amides is 1. The first kappa shape index (κ1) is 24.7. The van der Waals surface area contributed by atoms with Gasteiger partial charge in [0.15, 0.2) is 5.96 Å². The van der Waals surface area contributed by atoms with Crippen LogP contribution in [0.5, 0.6) is 5.75 Å². The molecule has 0 aliphatic heterocycles. The monoisotopic (exact) mass is 510 g/mol. The number of benzene rings is 2. The Morgan fingerprint density at radius 3 is 2.41 bits per heavy atom. The quantitative estimate of drug-likeness (QED) is 0.325. The lowest BCUT2D eigenvalue weighted by molar-refractivity contribution is -0.127. The molecule has 0 spiro atoms. The number of methoxy groups -OCH3 is 1. The van der Waals surface area contributed by atoms with Gasteiger partial charge in [0.25, 0.3) is 0 Å². The largest absolute Gasteiger partial charge is 0.496 e. The lowest BCUT2D eigenvalue weighted by Crippen LogP contribution is -2.40. The number of aliphatic imine (C=N–C) groups is 1. The van der Waals surface area contributed by atoms with Crippen LogP contribution >= 0.6 is 24.0 Å².